The number of rotatable bonds is 3. The van der Waals surface area contributed by atoms with Crippen LogP contribution in [0.2, 0.25) is 0 Å². The Morgan fingerprint density at radius 3 is 2.50 bits per heavy atom. The van der Waals surface area contributed by atoms with Crippen molar-refractivity contribution in [3.05, 3.63) is 30.3 Å². The molecule has 5 heteroatoms. The van der Waals surface area contributed by atoms with Gasteiger partial charge >= 0.3 is 11.8 Å². The summed E-state index contributed by atoms with van der Waals surface area (Å²) in [5.41, 5.74) is 0.645. The lowest BCUT2D eigenvalue weighted by Crippen LogP contribution is -2.42. The molecule has 0 fully saturated rings. The van der Waals surface area contributed by atoms with Crippen molar-refractivity contribution in [2.75, 3.05) is 25.1 Å². The molecule has 2 N–H and O–H groups in total. The highest BCUT2D eigenvalue weighted by atomic mass is 16.3. The number of hydrogen-bond donors (Lipinski definition) is 2. The van der Waals surface area contributed by atoms with Crippen molar-refractivity contribution in [1.29, 1.82) is 0 Å². The van der Waals surface area contributed by atoms with Crippen LogP contribution < -0.4 is 10.2 Å². The second-order valence-electron chi connectivity index (χ2n) is 3.18. The van der Waals surface area contributed by atoms with Gasteiger partial charge in [0.25, 0.3) is 0 Å². The molecular weight excluding hydrogens is 208 g/mol. The maximum atomic E-state index is 11.6. The second kappa shape index (κ2) is 5.87. The number of carbonyl (C=O) groups excluding carboxylic acids is 2. The van der Waals surface area contributed by atoms with Gasteiger partial charge in [0.05, 0.1) is 6.61 Å². The third-order valence-corrected chi connectivity index (χ3v) is 2.04. The molecule has 0 bridgehead atoms. The maximum Gasteiger partial charge on any atom is 0.316 e. The highest BCUT2D eigenvalue weighted by Crippen LogP contribution is 2.10. The number of amides is 2. The van der Waals surface area contributed by atoms with E-state index in [0.717, 1.165) is 0 Å². The molecule has 0 aromatic heterocycles. The summed E-state index contributed by atoms with van der Waals surface area (Å²) in [6.07, 6.45) is 0. The SMILES string of the molecule is CN(C(=O)C(=O)NCCO)c1ccccc1. The van der Waals surface area contributed by atoms with Crippen LogP contribution in [0, 0.1) is 0 Å². The summed E-state index contributed by atoms with van der Waals surface area (Å²) in [6, 6.07) is 8.86. The van der Waals surface area contributed by atoms with E-state index in [1.54, 1.807) is 24.3 Å². The Labute approximate surface area is 93.7 Å². The third kappa shape index (κ3) is 3.06. The molecule has 0 aliphatic carbocycles. The van der Waals surface area contributed by atoms with Gasteiger partial charge in [-0.1, -0.05) is 18.2 Å². The van der Waals surface area contributed by atoms with Crippen molar-refractivity contribution in [2.24, 2.45) is 0 Å². The Balaban J connectivity index is 2.64. The Bertz CT molecular complexity index is 365. The molecule has 1 aromatic rings. The van der Waals surface area contributed by atoms with Gasteiger partial charge in [-0.2, -0.15) is 0 Å². The summed E-state index contributed by atoms with van der Waals surface area (Å²) >= 11 is 0. The van der Waals surface area contributed by atoms with E-state index in [1.165, 1.54) is 11.9 Å². The molecule has 0 spiro atoms. The molecule has 0 aliphatic heterocycles. The number of hydrogen-bond acceptors (Lipinski definition) is 3. The zero-order chi connectivity index (χ0) is 12.0. The molecule has 0 heterocycles. The first-order chi connectivity index (χ1) is 7.66. The number of benzene rings is 1. The van der Waals surface area contributed by atoms with Gasteiger partial charge in [-0.05, 0) is 12.1 Å². The van der Waals surface area contributed by atoms with Gasteiger partial charge in [0.15, 0.2) is 0 Å². The predicted octanol–water partition coefficient (Wildman–Crippen LogP) is -0.242. The number of aliphatic hydroxyl groups is 1. The summed E-state index contributed by atoms with van der Waals surface area (Å²) < 4.78 is 0. The van der Waals surface area contributed by atoms with Crippen LogP contribution in [0.25, 0.3) is 0 Å². The molecule has 16 heavy (non-hydrogen) atoms. The van der Waals surface area contributed by atoms with Crippen molar-refractivity contribution >= 4 is 17.5 Å². The van der Waals surface area contributed by atoms with Crippen LogP contribution in [0.3, 0.4) is 0 Å². The number of nitrogens with one attached hydrogen (secondary N) is 1. The number of likely N-dealkylation sites (N-methyl/N-ethyl adjacent to an activating group) is 1. The summed E-state index contributed by atoms with van der Waals surface area (Å²) in [6.45, 7) is -0.110. The van der Waals surface area contributed by atoms with Crippen molar-refractivity contribution in [3.63, 3.8) is 0 Å². The van der Waals surface area contributed by atoms with Gasteiger partial charge in [0.2, 0.25) is 0 Å². The molecule has 0 atom stereocenters. The minimum atomic E-state index is -0.722. The fourth-order valence-electron chi connectivity index (χ4n) is 1.17. The molecule has 0 unspecified atom stereocenters. The minimum absolute atomic E-state index is 0.0766. The summed E-state index contributed by atoms with van der Waals surface area (Å²) in [5.74, 6) is -1.37. The van der Waals surface area contributed by atoms with Crippen molar-refractivity contribution in [3.8, 4) is 0 Å². The highest BCUT2D eigenvalue weighted by molar-refractivity contribution is 6.40. The summed E-state index contributed by atoms with van der Waals surface area (Å²) in [4.78, 5) is 24.1. The van der Waals surface area contributed by atoms with Crippen molar-refractivity contribution in [2.45, 2.75) is 0 Å². The standard InChI is InChI=1S/C11H14N2O3/c1-13(9-5-3-2-4-6-9)11(16)10(15)12-7-8-14/h2-6,14H,7-8H2,1H3,(H,12,15). The topological polar surface area (TPSA) is 69.6 Å². The molecule has 0 aliphatic rings. The van der Waals surface area contributed by atoms with Crippen molar-refractivity contribution in [1.82, 2.24) is 5.32 Å². The Morgan fingerprint density at radius 2 is 1.94 bits per heavy atom. The summed E-state index contributed by atoms with van der Waals surface area (Å²) in [5, 5.41) is 10.8. The van der Waals surface area contributed by atoms with E-state index >= 15 is 0 Å². The smallest absolute Gasteiger partial charge is 0.316 e. The molecule has 2 amide bonds. The third-order valence-electron chi connectivity index (χ3n) is 2.04. The van der Waals surface area contributed by atoms with Gasteiger partial charge in [0, 0.05) is 19.3 Å². The molecule has 86 valence electrons. The molecular formula is C11H14N2O3. The van der Waals surface area contributed by atoms with E-state index in [2.05, 4.69) is 5.32 Å². The lowest BCUT2D eigenvalue weighted by molar-refractivity contribution is -0.137. The zero-order valence-electron chi connectivity index (χ0n) is 9.01. The van der Waals surface area contributed by atoms with Gasteiger partial charge < -0.3 is 15.3 Å². The Kier molecular flexibility index (Phi) is 4.47. The average Bonchev–Trinajstić information content (AvgIpc) is 2.35. The fraction of sp³-hybridized carbons (Fsp3) is 0.273. The van der Waals surface area contributed by atoms with E-state index in [1.807, 2.05) is 6.07 Å². The molecule has 0 radical (unpaired) electrons. The van der Waals surface area contributed by atoms with E-state index < -0.39 is 11.8 Å². The first-order valence-corrected chi connectivity index (χ1v) is 4.88. The van der Waals surface area contributed by atoms with Gasteiger partial charge in [0.1, 0.15) is 0 Å². The first-order valence-electron chi connectivity index (χ1n) is 4.88. The normalized spacial score (nSPS) is 9.62. The number of aliphatic hydroxyl groups excluding tert-OH is 1. The number of para-hydroxylation sites is 1. The summed E-state index contributed by atoms with van der Waals surface area (Å²) in [7, 11) is 1.52. The van der Waals surface area contributed by atoms with Crippen LogP contribution in [-0.4, -0.2) is 37.1 Å². The highest BCUT2D eigenvalue weighted by Gasteiger charge is 2.18. The fourth-order valence-corrected chi connectivity index (χ4v) is 1.17. The van der Waals surface area contributed by atoms with Crippen LogP contribution in [-0.2, 0) is 9.59 Å². The lowest BCUT2D eigenvalue weighted by Gasteiger charge is -2.16. The molecule has 0 saturated carbocycles. The first kappa shape index (κ1) is 12.2. The number of anilines is 1. The molecule has 1 rings (SSSR count). The van der Waals surface area contributed by atoms with Gasteiger partial charge in [-0.3, -0.25) is 9.59 Å². The molecule has 1 aromatic carbocycles. The van der Waals surface area contributed by atoms with Crippen molar-refractivity contribution < 1.29 is 14.7 Å². The molecule has 5 nitrogen and oxygen atoms in total. The van der Waals surface area contributed by atoms with E-state index in [9.17, 15) is 9.59 Å². The number of carbonyl (C=O) groups is 2. The van der Waals surface area contributed by atoms with Crippen LogP contribution in [0.4, 0.5) is 5.69 Å². The maximum absolute atomic E-state index is 11.6. The Morgan fingerprint density at radius 1 is 1.31 bits per heavy atom. The van der Waals surface area contributed by atoms with Crippen LogP contribution in [0.1, 0.15) is 0 Å². The van der Waals surface area contributed by atoms with E-state index in [0.29, 0.717) is 5.69 Å². The minimum Gasteiger partial charge on any atom is -0.395 e. The lowest BCUT2D eigenvalue weighted by atomic mass is 10.3. The van der Waals surface area contributed by atoms with Gasteiger partial charge in [-0.25, -0.2) is 0 Å². The van der Waals surface area contributed by atoms with E-state index in [4.69, 9.17) is 5.11 Å². The quantitative estimate of drug-likeness (QED) is 0.693. The van der Waals surface area contributed by atoms with E-state index in [-0.39, 0.29) is 13.2 Å². The second-order valence-corrected chi connectivity index (χ2v) is 3.18. The Hall–Kier alpha value is -1.88. The van der Waals surface area contributed by atoms with Gasteiger partial charge in [-0.15, -0.1) is 0 Å². The van der Waals surface area contributed by atoms with Crippen LogP contribution in [0.5, 0.6) is 0 Å². The number of nitrogens with zero attached hydrogens (tertiary/aromatic N) is 1. The van der Waals surface area contributed by atoms with Crippen LogP contribution in [0.15, 0.2) is 30.3 Å². The predicted molar refractivity (Wildman–Crippen MR) is 59.9 cm³/mol. The molecule has 0 saturated heterocycles. The largest absolute Gasteiger partial charge is 0.395 e. The zero-order valence-corrected chi connectivity index (χ0v) is 9.01. The average molecular weight is 222 g/mol. The monoisotopic (exact) mass is 222 g/mol. The van der Waals surface area contributed by atoms with Crippen LogP contribution >= 0.6 is 0 Å².